The average molecular weight is 272 g/mol. The third kappa shape index (κ3) is 3.38. The van der Waals surface area contributed by atoms with E-state index < -0.39 is 0 Å². The minimum absolute atomic E-state index is 0.00139. The van der Waals surface area contributed by atoms with Crippen LogP contribution < -0.4 is 0 Å². The van der Waals surface area contributed by atoms with Crippen molar-refractivity contribution < 1.29 is 15.0 Å². The Bertz CT molecular complexity index is 542. The van der Waals surface area contributed by atoms with Crippen LogP contribution in [0.2, 0.25) is 0 Å². The molecule has 106 valence electrons. The van der Waals surface area contributed by atoms with Crippen LogP contribution in [0.3, 0.4) is 0 Å². The molecule has 3 nitrogen and oxygen atoms in total. The number of carbonyl (C=O) groups excluding carboxylic acids is 1. The van der Waals surface area contributed by atoms with Gasteiger partial charge in [-0.25, -0.2) is 0 Å². The highest BCUT2D eigenvalue weighted by Gasteiger charge is 2.19. The standard InChI is InChI=1S/C17H20O3/c1-4-7-10-15(18)14-11-16(19)12(8-5-2)13(9-6-3)17(14)20/h4-6,11,19-20H,1-3,7-10H2. The lowest BCUT2D eigenvalue weighted by Crippen LogP contribution is -2.04. The summed E-state index contributed by atoms with van der Waals surface area (Å²) in [5, 5.41) is 20.3. The highest BCUT2D eigenvalue weighted by molar-refractivity contribution is 5.99. The summed E-state index contributed by atoms with van der Waals surface area (Å²) in [7, 11) is 0. The van der Waals surface area contributed by atoms with Gasteiger partial charge in [0.25, 0.3) is 0 Å². The van der Waals surface area contributed by atoms with E-state index in [1.807, 2.05) is 0 Å². The zero-order chi connectivity index (χ0) is 15.1. The largest absolute Gasteiger partial charge is 0.508 e. The van der Waals surface area contributed by atoms with E-state index in [-0.39, 0.29) is 29.3 Å². The number of carbonyl (C=O) groups is 1. The van der Waals surface area contributed by atoms with E-state index in [0.717, 1.165) is 0 Å². The van der Waals surface area contributed by atoms with Crippen LogP contribution in [0, 0.1) is 0 Å². The molecule has 2 N–H and O–H groups in total. The van der Waals surface area contributed by atoms with Crippen molar-refractivity contribution in [2.24, 2.45) is 0 Å². The van der Waals surface area contributed by atoms with Crippen molar-refractivity contribution in [1.82, 2.24) is 0 Å². The summed E-state index contributed by atoms with van der Waals surface area (Å²) < 4.78 is 0. The fraction of sp³-hybridized carbons (Fsp3) is 0.235. The number of rotatable bonds is 8. The van der Waals surface area contributed by atoms with Gasteiger partial charge in [0.05, 0.1) is 5.56 Å². The van der Waals surface area contributed by atoms with Gasteiger partial charge in [0, 0.05) is 17.5 Å². The summed E-state index contributed by atoms with van der Waals surface area (Å²) in [5.41, 5.74) is 1.26. The molecule has 0 heterocycles. The van der Waals surface area contributed by atoms with E-state index >= 15 is 0 Å². The number of hydrogen-bond acceptors (Lipinski definition) is 3. The molecule has 0 amide bonds. The molecule has 0 aliphatic carbocycles. The van der Waals surface area contributed by atoms with Gasteiger partial charge in [0.15, 0.2) is 5.78 Å². The number of phenols is 2. The van der Waals surface area contributed by atoms with Gasteiger partial charge in [-0.15, -0.1) is 19.7 Å². The third-order valence-electron chi connectivity index (χ3n) is 3.07. The molecule has 0 saturated carbocycles. The van der Waals surface area contributed by atoms with Gasteiger partial charge in [0.1, 0.15) is 11.5 Å². The predicted octanol–water partition coefficient (Wildman–Crippen LogP) is 3.70. The first-order chi connectivity index (χ1) is 9.56. The van der Waals surface area contributed by atoms with Crippen LogP contribution >= 0.6 is 0 Å². The van der Waals surface area contributed by atoms with Crippen LogP contribution in [0.5, 0.6) is 11.5 Å². The molecule has 1 rings (SSSR count). The molecular weight excluding hydrogens is 252 g/mol. The van der Waals surface area contributed by atoms with Gasteiger partial charge in [-0.05, 0) is 25.3 Å². The minimum atomic E-state index is -0.215. The number of hydrogen-bond donors (Lipinski definition) is 2. The second-order valence-corrected chi connectivity index (χ2v) is 4.49. The van der Waals surface area contributed by atoms with Crippen LogP contribution in [-0.4, -0.2) is 16.0 Å². The SMILES string of the molecule is C=CCCC(=O)c1cc(O)c(CC=C)c(CC=C)c1O. The molecule has 0 saturated heterocycles. The van der Waals surface area contributed by atoms with Crippen LogP contribution in [0.15, 0.2) is 44.0 Å². The lowest BCUT2D eigenvalue weighted by molar-refractivity contribution is 0.0980. The molecule has 0 unspecified atom stereocenters. The maximum atomic E-state index is 12.0. The quantitative estimate of drug-likeness (QED) is 0.431. The van der Waals surface area contributed by atoms with Crippen molar-refractivity contribution in [3.05, 3.63) is 60.7 Å². The number of Topliss-reactive ketones (excluding diaryl/α,β-unsaturated/α-hetero) is 1. The van der Waals surface area contributed by atoms with Gasteiger partial charge in [-0.3, -0.25) is 4.79 Å². The second-order valence-electron chi connectivity index (χ2n) is 4.49. The summed E-state index contributed by atoms with van der Waals surface area (Å²) in [5.74, 6) is -0.289. The number of benzene rings is 1. The number of allylic oxidation sites excluding steroid dienone is 3. The Balaban J connectivity index is 3.34. The molecule has 3 heteroatoms. The fourth-order valence-electron chi connectivity index (χ4n) is 2.07. The molecule has 0 fully saturated rings. The van der Waals surface area contributed by atoms with Crippen molar-refractivity contribution in [3.63, 3.8) is 0 Å². The first-order valence-electron chi connectivity index (χ1n) is 6.49. The van der Waals surface area contributed by atoms with Crippen molar-refractivity contribution in [2.45, 2.75) is 25.7 Å². The first-order valence-corrected chi connectivity index (χ1v) is 6.49. The van der Waals surface area contributed by atoms with E-state index in [0.29, 0.717) is 30.4 Å². The van der Waals surface area contributed by atoms with Crippen LogP contribution in [0.1, 0.15) is 34.3 Å². The molecule has 0 radical (unpaired) electrons. The first kappa shape index (κ1) is 15.8. The molecule has 0 bridgehead atoms. The summed E-state index contributed by atoms with van der Waals surface area (Å²) in [6.45, 7) is 10.8. The Kier molecular flexibility index (Phi) is 5.78. The zero-order valence-corrected chi connectivity index (χ0v) is 11.6. The smallest absolute Gasteiger partial charge is 0.167 e. The summed E-state index contributed by atoms with van der Waals surface area (Å²) >= 11 is 0. The van der Waals surface area contributed by atoms with E-state index in [9.17, 15) is 15.0 Å². The molecule has 0 aromatic heterocycles. The predicted molar refractivity (Wildman–Crippen MR) is 81.3 cm³/mol. The lowest BCUT2D eigenvalue weighted by Gasteiger charge is -2.14. The summed E-state index contributed by atoms with van der Waals surface area (Å²) in [6, 6.07) is 1.33. The zero-order valence-electron chi connectivity index (χ0n) is 11.6. The van der Waals surface area contributed by atoms with E-state index in [1.165, 1.54) is 6.07 Å². The molecule has 0 atom stereocenters. The minimum Gasteiger partial charge on any atom is -0.508 e. The number of aromatic hydroxyl groups is 2. The van der Waals surface area contributed by atoms with E-state index in [1.54, 1.807) is 18.2 Å². The van der Waals surface area contributed by atoms with Gasteiger partial charge in [-0.1, -0.05) is 18.2 Å². The third-order valence-corrected chi connectivity index (χ3v) is 3.07. The summed E-state index contributed by atoms with van der Waals surface area (Å²) in [4.78, 5) is 12.0. The Morgan fingerprint density at radius 3 is 2.20 bits per heavy atom. The highest BCUT2D eigenvalue weighted by Crippen LogP contribution is 2.35. The Morgan fingerprint density at radius 1 is 1.05 bits per heavy atom. The van der Waals surface area contributed by atoms with Crippen molar-refractivity contribution in [3.8, 4) is 11.5 Å². The maximum Gasteiger partial charge on any atom is 0.167 e. The van der Waals surface area contributed by atoms with Crippen molar-refractivity contribution in [1.29, 1.82) is 0 Å². The Labute approximate surface area is 119 Å². The Hall–Kier alpha value is -2.29. The van der Waals surface area contributed by atoms with Crippen LogP contribution in [0.25, 0.3) is 0 Å². The monoisotopic (exact) mass is 272 g/mol. The lowest BCUT2D eigenvalue weighted by atomic mass is 9.93. The number of ketones is 1. The maximum absolute atomic E-state index is 12.0. The second kappa shape index (κ2) is 7.34. The summed E-state index contributed by atoms with van der Waals surface area (Å²) in [6.07, 6.45) is 6.49. The molecule has 1 aromatic carbocycles. The molecule has 20 heavy (non-hydrogen) atoms. The highest BCUT2D eigenvalue weighted by atomic mass is 16.3. The van der Waals surface area contributed by atoms with Crippen molar-refractivity contribution in [2.75, 3.05) is 0 Å². The molecule has 0 aliphatic heterocycles. The van der Waals surface area contributed by atoms with Crippen molar-refractivity contribution >= 4 is 5.78 Å². The number of phenolic OH excluding ortho intramolecular Hbond substituents is 2. The van der Waals surface area contributed by atoms with E-state index in [2.05, 4.69) is 19.7 Å². The van der Waals surface area contributed by atoms with Crippen LogP contribution in [-0.2, 0) is 12.8 Å². The van der Waals surface area contributed by atoms with Gasteiger partial charge in [-0.2, -0.15) is 0 Å². The molecule has 0 aliphatic rings. The molecule has 1 aromatic rings. The average Bonchev–Trinajstić information content (AvgIpc) is 2.43. The topological polar surface area (TPSA) is 57.5 Å². The Morgan fingerprint density at radius 2 is 1.65 bits per heavy atom. The van der Waals surface area contributed by atoms with Gasteiger partial charge < -0.3 is 10.2 Å². The fourth-order valence-corrected chi connectivity index (χ4v) is 2.07. The normalized spacial score (nSPS) is 10.0. The van der Waals surface area contributed by atoms with Crippen LogP contribution in [0.4, 0.5) is 0 Å². The van der Waals surface area contributed by atoms with Gasteiger partial charge >= 0.3 is 0 Å². The molecule has 0 spiro atoms. The van der Waals surface area contributed by atoms with E-state index in [4.69, 9.17) is 0 Å². The van der Waals surface area contributed by atoms with Gasteiger partial charge in [0.2, 0.25) is 0 Å². The molecular formula is C17H20O3.